The van der Waals surface area contributed by atoms with Gasteiger partial charge in [-0.3, -0.25) is 4.79 Å². The summed E-state index contributed by atoms with van der Waals surface area (Å²) in [5, 5.41) is 2.72. The summed E-state index contributed by atoms with van der Waals surface area (Å²) in [6.07, 6.45) is 4.43. The number of carbonyl (C=O) groups excluding carboxylic acids is 1. The lowest BCUT2D eigenvalue weighted by molar-refractivity contribution is -0.118. The highest BCUT2D eigenvalue weighted by atomic mass is 16.1. The zero-order chi connectivity index (χ0) is 11.0. The third-order valence-corrected chi connectivity index (χ3v) is 1.64. The van der Waals surface area contributed by atoms with Gasteiger partial charge in [-0.15, -0.1) is 0 Å². The minimum atomic E-state index is 0.00390. The predicted molar refractivity (Wildman–Crippen MR) is 56.9 cm³/mol. The van der Waals surface area contributed by atoms with Crippen LogP contribution in [0.5, 0.6) is 0 Å². The number of aryl methyl sites for hydroxylation is 1. The molecule has 0 aliphatic heterocycles. The van der Waals surface area contributed by atoms with Gasteiger partial charge in [0, 0.05) is 39.3 Å². The number of aromatic nitrogens is 2. The molecule has 1 aromatic rings. The summed E-state index contributed by atoms with van der Waals surface area (Å²) in [6.45, 7) is 6.17. The van der Waals surface area contributed by atoms with Crippen molar-refractivity contribution < 1.29 is 4.79 Å². The zero-order valence-electron chi connectivity index (χ0n) is 9.37. The molecule has 4 heteroatoms. The standard InChI is InChI=1S/C8H13N3O.C2H6/c1-7(12)9-4-3-8-10-5-6-11(8)2;1-2/h5-6H,3-4H2,1-2H3,(H,9,12);1-2H3. The van der Waals surface area contributed by atoms with Crippen LogP contribution in [0.1, 0.15) is 26.6 Å². The SMILES string of the molecule is CC.CC(=O)NCCc1nccn1C. The zero-order valence-corrected chi connectivity index (χ0v) is 9.37. The summed E-state index contributed by atoms with van der Waals surface area (Å²) in [5.74, 6) is 0.993. The average molecular weight is 197 g/mol. The minimum Gasteiger partial charge on any atom is -0.356 e. The van der Waals surface area contributed by atoms with Gasteiger partial charge in [-0.1, -0.05) is 13.8 Å². The van der Waals surface area contributed by atoms with Crippen LogP contribution in [0.2, 0.25) is 0 Å². The van der Waals surface area contributed by atoms with Crippen molar-refractivity contribution in [2.75, 3.05) is 6.54 Å². The van der Waals surface area contributed by atoms with Crippen LogP contribution in [0.25, 0.3) is 0 Å². The third kappa shape index (κ3) is 4.64. The number of amides is 1. The molecule has 0 aliphatic carbocycles. The van der Waals surface area contributed by atoms with E-state index in [9.17, 15) is 4.79 Å². The van der Waals surface area contributed by atoms with Crippen LogP contribution >= 0.6 is 0 Å². The molecule has 1 aromatic heterocycles. The van der Waals surface area contributed by atoms with Gasteiger partial charge in [0.05, 0.1) is 0 Å². The summed E-state index contributed by atoms with van der Waals surface area (Å²) in [7, 11) is 1.94. The maximum atomic E-state index is 10.5. The summed E-state index contributed by atoms with van der Waals surface area (Å²) < 4.78 is 1.95. The number of rotatable bonds is 3. The summed E-state index contributed by atoms with van der Waals surface area (Å²) in [5.41, 5.74) is 0. The third-order valence-electron chi connectivity index (χ3n) is 1.64. The van der Waals surface area contributed by atoms with Crippen LogP contribution in [0.4, 0.5) is 0 Å². The van der Waals surface area contributed by atoms with Crippen molar-refractivity contribution in [2.45, 2.75) is 27.2 Å². The molecular weight excluding hydrogens is 178 g/mol. The first-order valence-corrected chi connectivity index (χ1v) is 4.91. The molecule has 0 bridgehead atoms. The van der Waals surface area contributed by atoms with E-state index in [4.69, 9.17) is 0 Å². The van der Waals surface area contributed by atoms with Gasteiger partial charge in [-0.25, -0.2) is 4.98 Å². The Morgan fingerprint density at radius 1 is 1.57 bits per heavy atom. The first-order valence-electron chi connectivity index (χ1n) is 4.91. The number of imidazole rings is 1. The van der Waals surface area contributed by atoms with Gasteiger partial charge in [-0.05, 0) is 0 Å². The lowest BCUT2D eigenvalue weighted by atomic mass is 10.4. The molecule has 0 unspecified atom stereocenters. The Hall–Kier alpha value is -1.32. The molecule has 0 saturated carbocycles. The van der Waals surface area contributed by atoms with Gasteiger partial charge in [0.1, 0.15) is 5.82 Å². The van der Waals surface area contributed by atoms with Crippen molar-refractivity contribution in [3.63, 3.8) is 0 Å². The largest absolute Gasteiger partial charge is 0.356 e. The monoisotopic (exact) mass is 197 g/mol. The molecule has 0 aromatic carbocycles. The van der Waals surface area contributed by atoms with Gasteiger partial charge in [0.2, 0.25) is 5.91 Å². The molecular formula is C10H19N3O. The molecule has 1 rings (SSSR count). The maximum Gasteiger partial charge on any atom is 0.216 e. The first kappa shape index (κ1) is 12.7. The van der Waals surface area contributed by atoms with Crippen LogP contribution < -0.4 is 5.32 Å². The Kier molecular flexibility index (Phi) is 6.45. The Morgan fingerprint density at radius 2 is 2.21 bits per heavy atom. The topological polar surface area (TPSA) is 46.9 Å². The quantitative estimate of drug-likeness (QED) is 0.789. The molecule has 1 heterocycles. The van der Waals surface area contributed by atoms with E-state index in [0.717, 1.165) is 12.2 Å². The van der Waals surface area contributed by atoms with Gasteiger partial charge in [0.25, 0.3) is 0 Å². The maximum absolute atomic E-state index is 10.5. The number of carbonyl (C=O) groups is 1. The Balaban J connectivity index is 0.000000791. The van der Waals surface area contributed by atoms with Gasteiger partial charge >= 0.3 is 0 Å². The molecule has 0 saturated heterocycles. The van der Waals surface area contributed by atoms with Crippen molar-refractivity contribution >= 4 is 5.91 Å². The number of nitrogens with one attached hydrogen (secondary N) is 1. The van der Waals surface area contributed by atoms with E-state index >= 15 is 0 Å². The lowest BCUT2D eigenvalue weighted by Gasteiger charge is -2.01. The van der Waals surface area contributed by atoms with Crippen molar-refractivity contribution in [3.05, 3.63) is 18.2 Å². The fraction of sp³-hybridized carbons (Fsp3) is 0.600. The summed E-state index contributed by atoms with van der Waals surface area (Å²) in [6, 6.07) is 0. The van der Waals surface area contributed by atoms with Crippen molar-refractivity contribution in [1.29, 1.82) is 0 Å². The molecule has 80 valence electrons. The van der Waals surface area contributed by atoms with Crippen molar-refractivity contribution in [2.24, 2.45) is 7.05 Å². The molecule has 1 N–H and O–H groups in total. The Morgan fingerprint density at radius 3 is 2.64 bits per heavy atom. The van der Waals surface area contributed by atoms with E-state index in [1.54, 1.807) is 6.20 Å². The smallest absolute Gasteiger partial charge is 0.216 e. The highest BCUT2D eigenvalue weighted by Gasteiger charge is 1.98. The first-order chi connectivity index (χ1) is 6.70. The van der Waals surface area contributed by atoms with Crippen LogP contribution in [0.15, 0.2) is 12.4 Å². The Labute approximate surface area is 85.3 Å². The molecule has 0 fully saturated rings. The van der Waals surface area contributed by atoms with E-state index < -0.39 is 0 Å². The van der Waals surface area contributed by atoms with Crippen molar-refractivity contribution in [3.8, 4) is 0 Å². The lowest BCUT2D eigenvalue weighted by Crippen LogP contribution is -2.23. The van der Waals surface area contributed by atoms with Crippen LogP contribution in [0, 0.1) is 0 Å². The van der Waals surface area contributed by atoms with Crippen LogP contribution in [0.3, 0.4) is 0 Å². The number of hydrogen-bond acceptors (Lipinski definition) is 2. The molecule has 14 heavy (non-hydrogen) atoms. The highest BCUT2D eigenvalue weighted by molar-refractivity contribution is 5.72. The second kappa shape index (κ2) is 7.12. The second-order valence-corrected chi connectivity index (χ2v) is 2.69. The van der Waals surface area contributed by atoms with E-state index in [1.165, 1.54) is 6.92 Å². The van der Waals surface area contributed by atoms with Crippen LogP contribution in [-0.2, 0) is 18.3 Å². The fourth-order valence-electron chi connectivity index (χ4n) is 0.988. The predicted octanol–water partition coefficient (Wildman–Crippen LogP) is 1.12. The molecule has 4 nitrogen and oxygen atoms in total. The van der Waals surface area contributed by atoms with Gasteiger partial charge in [0.15, 0.2) is 0 Å². The number of nitrogens with zero attached hydrogens (tertiary/aromatic N) is 2. The molecule has 1 amide bonds. The van der Waals surface area contributed by atoms with Crippen LogP contribution in [-0.4, -0.2) is 22.0 Å². The fourth-order valence-corrected chi connectivity index (χ4v) is 0.988. The molecule has 0 radical (unpaired) electrons. The number of hydrogen-bond donors (Lipinski definition) is 1. The van der Waals surface area contributed by atoms with E-state index in [2.05, 4.69) is 10.3 Å². The normalized spacial score (nSPS) is 8.86. The summed E-state index contributed by atoms with van der Waals surface area (Å²) in [4.78, 5) is 14.6. The second-order valence-electron chi connectivity index (χ2n) is 2.69. The Bertz CT molecular complexity index is 268. The average Bonchev–Trinajstić information content (AvgIpc) is 2.55. The molecule has 0 spiro atoms. The van der Waals surface area contributed by atoms with Crippen molar-refractivity contribution in [1.82, 2.24) is 14.9 Å². The van der Waals surface area contributed by atoms with Gasteiger partial charge in [-0.2, -0.15) is 0 Å². The summed E-state index contributed by atoms with van der Waals surface area (Å²) >= 11 is 0. The van der Waals surface area contributed by atoms with E-state index in [0.29, 0.717) is 6.54 Å². The van der Waals surface area contributed by atoms with E-state index in [-0.39, 0.29) is 5.91 Å². The molecule has 0 aliphatic rings. The van der Waals surface area contributed by atoms with Gasteiger partial charge < -0.3 is 9.88 Å². The minimum absolute atomic E-state index is 0.00390. The highest BCUT2D eigenvalue weighted by Crippen LogP contribution is 1.93. The molecule has 0 atom stereocenters. The van der Waals surface area contributed by atoms with E-state index in [1.807, 2.05) is 31.7 Å².